The first-order chi connectivity index (χ1) is 17.8. The van der Waals surface area contributed by atoms with Gasteiger partial charge in [-0.3, -0.25) is 4.98 Å². The van der Waals surface area contributed by atoms with Gasteiger partial charge in [-0.15, -0.1) is 0 Å². The number of hydrogen-bond acceptors (Lipinski definition) is 4. The second-order valence-corrected chi connectivity index (χ2v) is 11.5. The molecule has 4 rings (SSSR count). The fraction of sp³-hybridized carbons (Fsp3) is 0.111. The number of halogens is 2. The van der Waals surface area contributed by atoms with Crippen LogP contribution in [0.3, 0.4) is 0 Å². The summed E-state index contributed by atoms with van der Waals surface area (Å²) in [6.07, 6.45) is 3.42. The first kappa shape index (κ1) is 26.9. The van der Waals surface area contributed by atoms with Crippen molar-refractivity contribution in [2.24, 2.45) is 0 Å². The third kappa shape index (κ3) is 7.65. The van der Waals surface area contributed by atoms with E-state index in [1.165, 1.54) is 16.4 Å². The van der Waals surface area contributed by atoms with Crippen molar-refractivity contribution in [1.29, 1.82) is 0 Å². The SMILES string of the molecule is O=S(=O)(c1ccc(NC(=S)NCc2ccncc2)cc1)N(Cc1ccc(F)cc1)Cc1ccc(Br)cc1. The number of sulfonamides is 1. The molecule has 0 bridgehead atoms. The molecule has 1 aromatic heterocycles. The molecule has 0 aliphatic heterocycles. The predicted octanol–water partition coefficient (Wildman–Crippen LogP) is 5.86. The standard InChI is InChI=1S/C27H24BrFN4O2S2/c28-23-5-1-21(2-6-23)18-33(19-22-3-7-24(29)8-4-22)37(34,35)26-11-9-25(10-12-26)32-27(36)31-17-20-13-15-30-16-14-20/h1-16H,17-19H2,(H2,31,32,36). The average molecular weight is 600 g/mol. The molecule has 4 aromatic rings. The molecule has 0 aliphatic carbocycles. The van der Waals surface area contributed by atoms with E-state index in [9.17, 15) is 12.8 Å². The maximum absolute atomic E-state index is 13.6. The molecule has 0 unspecified atom stereocenters. The third-order valence-electron chi connectivity index (χ3n) is 5.50. The molecule has 0 saturated heterocycles. The van der Waals surface area contributed by atoms with Gasteiger partial charge in [0.15, 0.2) is 5.11 Å². The summed E-state index contributed by atoms with van der Waals surface area (Å²) in [7, 11) is -3.86. The van der Waals surface area contributed by atoms with Crippen LogP contribution in [0.5, 0.6) is 0 Å². The summed E-state index contributed by atoms with van der Waals surface area (Å²) in [6, 6.07) is 23.5. The van der Waals surface area contributed by atoms with Crippen LogP contribution >= 0.6 is 28.1 Å². The zero-order valence-electron chi connectivity index (χ0n) is 19.6. The molecular formula is C27H24BrFN4O2S2. The number of anilines is 1. The normalized spacial score (nSPS) is 11.3. The molecule has 10 heteroatoms. The zero-order valence-corrected chi connectivity index (χ0v) is 22.9. The van der Waals surface area contributed by atoms with Crippen LogP contribution in [-0.2, 0) is 29.7 Å². The van der Waals surface area contributed by atoms with Crippen molar-refractivity contribution >= 4 is 49.0 Å². The van der Waals surface area contributed by atoms with Gasteiger partial charge in [-0.1, -0.05) is 40.2 Å². The van der Waals surface area contributed by atoms with Crippen molar-refractivity contribution in [1.82, 2.24) is 14.6 Å². The van der Waals surface area contributed by atoms with Gasteiger partial charge in [-0.05, 0) is 89.6 Å². The Labute approximate surface area is 229 Å². The number of thiocarbonyl (C=S) groups is 1. The second kappa shape index (κ2) is 12.4. The first-order valence-electron chi connectivity index (χ1n) is 11.3. The lowest BCUT2D eigenvalue weighted by molar-refractivity contribution is 0.401. The number of pyridine rings is 1. The highest BCUT2D eigenvalue weighted by Gasteiger charge is 2.25. The van der Waals surface area contributed by atoms with Crippen molar-refractivity contribution in [3.05, 3.63) is 124 Å². The van der Waals surface area contributed by atoms with Gasteiger partial charge in [0, 0.05) is 42.2 Å². The van der Waals surface area contributed by atoms with Crippen LogP contribution < -0.4 is 10.6 Å². The van der Waals surface area contributed by atoms with Gasteiger partial charge in [-0.2, -0.15) is 4.31 Å². The molecule has 1 heterocycles. The number of benzene rings is 3. The van der Waals surface area contributed by atoms with Gasteiger partial charge in [0.2, 0.25) is 10.0 Å². The Morgan fingerprint density at radius 3 is 2.00 bits per heavy atom. The summed E-state index contributed by atoms with van der Waals surface area (Å²) in [5, 5.41) is 6.59. The van der Waals surface area contributed by atoms with Crippen LogP contribution in [0, 0.1) is 5.82 Å². The molecule has 0 spiro atoms. The van der Waals surface area contributed by atoms with Crippen molar-refractivity contribution in [2.45, 2.75) is 24.5 Å². The predicted molar refractivity (Wildman–Crippen MR) is 151 cm³/mol. The minimum Gasteiger partial charge on any atom is -0.358 e. The number of nitrogens with zero attached hydrogens (tertiary/aromatic N) is 2. The fourth-order valence-electron chi connectivity index (χ4n) is 3.53. The van der Waals surface area contributed by atoms with E-state index in [1.807, 2.05) is 36.4 Å². The van der Waals surface area contributed by atoms with Gasteiger partial charge < -0.3 is 10.6 Å². The van der Waals surface area contributed by atoms with Gasteiger partial charge in [0.05, 0.1) is 4.90 Å². The van der Waals surface area contributed by atoms with Gasteiger partial charge >= 0.3 is 0 Å². The van der Waals surface area contributed by atoms with Crippen LogP contribution in [0.2, 0.25) is 0 Å². The Hall–Kier alpha value is -3.18. The lowest BCUT2D eigenvalue weighted by Crippen LogP contribution is -2.30. The fourth-order valence-corrected chi connectivity index (χ4v) is 5.40. The maximum atomic E-state index is 13.6. The van der Waals surface area contributed by atoms with Crippen molar-refractivity contribution in [3.8, 4) is 0 Å². The molecule has 0 radical (unpaired) electrons. The highest BCUT2D eigenvalue weighted by molar-refractivity contribution is 9.10. The van der Waals surface area contributed by atoms with E-state index >= 15 is 0 Å². The lowest BCUT2D eigenvalue weighted by atomic mass is 10.2. The van der Waals surface area contributed by atoms with Gasteiger partial charge in [0.25, 0.3) is 0 Å². The molecule has 0 saturated carbocycles. The molecular weight excluding hydrogens is 575 g/mol. The molecule has 6 nitrogen and oxygen atoms in total. The smallest absolute Gasteiger partial charge is 0.243 e. The Kier molecular flexibility index (Phi) is 8.99. The lowest BCUT2D eigenvalue weighted by Gasteiger charge is -2.23. The molecule has 0 amide bonds. The van der Waals surface area contributed by atoms with E-state index in [-0.39, 0.29) is 23.8 Å². The molecule has 2 N–H and O–H groups in total. The Morgan fingerprint density at radius 2 is 1.41 bits per heavy atom. The second-order valence-electron chi connectivity index (χ2n) is 8.21. The molecule has 0 aliphatic rings. The van der Waals surface area contributed by atoms with Gasteiger partial charge in [-0.25, -0.2) is 12.8 Å². The summed E-state index contributed by atoms with van der Waals surface area (Å²) in [5.74, 6) is -0.373. The molecule has 3 aromatic carbocycles. The van der Waals surface area contributed by atoms with Crippen molar-refractivity contribution in [3.63, 3.8) is 0 Å². The minimum absolute atomic E-state index is 0.0989. The summed E-state index contributed by atoms with van der Waals surface area (Å²) in [5.41, 5.74) is 3.21. The topological polar surface area (TPSA) is 74.3 Å². The Balaban J connectivity index is 1.49. The number of hydrogen-bond donors (Lipinski definition) is 2. The summed E-state index contributed by atoms with van der Waals surface area (Å²) in [4.78, 5) is 4.13. The van der Waals surface area contributed by atoms with Crippen LogP contribution in [0.1, 0.15) is 16.7 Å². The van der Waals surface area contributed by atoms with Crippen LogP contribution in [0.25, 0.3) is 0 Å². The van der Waals surface area contributed by atoms with E-state index in [2.05, 4.69) is 31.5 Å². The maximum Gasteiger partial charge on any atom is 0.243 e. The van der Waals surface area contributed by atoms with Crippen molar-refractivity contribution in [2.75, 3.05) is 5.32 Å². The number of aromatic nitrogens is 1. The first-order valence-corrected chi connectivity index (χ1v) is 14.0. The van der Waals surface area contributed by atoms with Crippen LogP contribution in [-0.4, -0.2) is 22.8 Å². The van der Waals surface area contributed by atoms with Crippen LogP contribution in [0.4, 0.5) is 10.1 Å². The van der Waals surface area contributed by atoms with Crippen molar-refractivity contribution < 1.29 is 12.8 Å². The van der Waals surface area contributed by atoms with E-state index in [0.717, 1.165) is 15.6 Å². The molecule has 37 heavy (non-hydrogen) atoms. The molecule has 190 valence electrons. The number of nitrogens with one attached hydrogen (secondary N) is 2. The average Bonchev–Trinajstić information content (AvgIpc) is 2.90. The number of rotatable bonds is 9. The Morgan fingerprint density at radius 1 is 0.838 bits per heavy atom. The van der Waals surface area contributed by atoms with Crippen LogP contribution in [0.15, 0.2) is 107 Å². The summed E-state index contributed by atoms with van der Waals surface area (Å²) < 4.78 is 43.0. The Bertz CT molecular complexity index is 1390. The summed E-state index contributed by atoms with van der Waals surface area (Å²) in [6.45, 7) is 0.799. The zero-order chi connectivity index (χ0) is 26.3. The largest absolute Gasteiger partial charge is 0.358 e. The summed E-state index contributed by atoms with van der Waals surface area (Å²) >= 11 is 8.76. The quantitative estimate of drug-likeness (QED) is 0.235. The van der Waals surface area contributed by atoms with E-state index in [0.29, 0.717) is 22.9 Å². The van der Waals surface area contributed by atoms with E-state index in [1.54, 1.807) is 48.8 Å². The monoisotopic (exact) mass is 598 g/mol. The third-order valence-corrected chi connectivity index (χ3v) is 8.08. The van der Waals surface area contributed by atoms with Gasteiger partial charge in [0.1, 0.15) is 5.82 Å². The van der Waals surface area contributed by atoms with E-state index in [4.69, 9.17) is 12.2 Å². The molecule has 0 fully saturated rings. The van der Waals surface area contributed by atoms with E-state index < -0.39 is 10.0 Å². The molecule has 0 atom stereocenters. The highest BCUT2D eigenvalue weighted by Crippen LogP contribution is 2.23. The highest BCUT2D eigenvalue weighted by atomic mass is 79.9. The minimum atomic E-state index is -3.86.